The average Bonchev–Trinajstić information content (AvgIpc) is 3.34. The summed E-state index contributed by atoms with van der Waals surface area (Å²) in [6.07, 6.45) is 5.95. The van der Waals surface area contributed by atoms with Crippen LogP contribution in [0.2, 0.25) is 0 Å². The molecule has 0 spiro atoms. The normalized spacial score (nSPS) is 22.0. The monoisotopic (exact) mass is 492 g/mol. The van der Waals surface area contributed by atoms with Crippen molar-refractivity contribution >= 4 is 6.09 Å². The Morgan fingerprint density at radius 1 is 0.944 bits per heavy atom. The number of piperidine rings is 1. The van der Waals surface area contributed by atoms with Gasteiger partial charge < -0.3 is 19.3 Å². The molecule has 0 bridgehead atoms. The Kier molecular flexibility index (Phi) is 9.82. The number of hydrogen-bond acceptors (Lipinski definition) is 4. The number of benzene rings is 2. The maximum atomic E-state index is 13.0. The van der Waals surface area contributed by atoms with E-state index in [1.807, 2.05) is 35.2 Å². The van der Waals surface area contributed by atoms with E-state index in [-0.39, 0.29) is 18.2 Å². The van der Waals surface area contributed by atoms with Crippen molar-refractivity contribution in [3.63, 3.8) is 0 Å². The summed E-state index contributed by atoms with van der Waals surface area (Å²) < 4.78 is 12.1. The van der Waals surface area contributed by atoms with E-state index in [2.05, 4.69) is 56.0 Å². The van der Waals surface area contributed by atoms with Crippen LogP contribution in [0, 0.1) is 11.8 Å². The minimum Gasteiger partial charge on any atom is -0.445 e. The number of carbonyl (C=O) groups excluding carboxylic acids is 1. The Morgan fingerprint density at radius 3 is 2.28 bits per heavy atom. The van der Waals surface area contributed by atoms with Crippen LogP contribution < -0.4 is 0 Å². The summed E-state index contributed by atoms with van der Waals surface area (Å²) in [7, 11) is 0. The molecular weight excluding hydrogens is 448 g/mol. The van der Waals surface area contributed by atoms with Crippen molar-refractivity contribution in [1.29, 1.82) is 0 Å². The Morgan fingerprint density at radius 2 is 1.61 bits per heavy atom. The maximum absolute atomic E-state index is 13.0. The van der Waals surface area contributed by atoms with Gasteiger partial charge in [0.15, 0.2) is 0 Å². The molecule has 3 atom stereocenters. The Labute approximate surface area is 217 Å². The summed E-state index contributed by atoms with van der Waals surface area (Å²) >= 11 is 0. The fraction of sp³-hybridized carbons (Fsp3) is 0.581. The highest BCUT2D eigenvalue weighted by Gasteiger charge is 2.32. The number of likely N-dealkylation sites (tertiary alicyclic amines) is 1. The van der Waals surface area contributed by atoms with Gasteiger partial charge in [-0.1, -0.05) is 74.5 Å². The first kappa shape index (κ1) is 26.7. The zero-order valence-electron chi connectivity index (χ0n) is 22.4. The van der Waals surface area contributed by atoms with E-state index in [4.69, 9.17) is 9.47 Å². The lowest BCUT2D eigenvalue weighted by Gasteiger charge is -2.39. The number of nitrogens with zero attached hydrogens (tertiary/aromatic N) is 2. The molecule has 1 saturated carbocycles. The summed E-state index contributed by atoms with van der Waals surface area (Å²) in [5.41, 5.74) is 2.29. The smallest absolute Gasteiger partial charge is 0.410 e. The number of rotatable bonds is 10. The van der Waals surface area contributed by atoms with Gasteiger partial charge in [-0.3, -0.25) is 0 Å². The minimum atomic E-state index is -0.172. The van der Waals surface area contributed by atoms with Gasteiger partial charge >= 0.3 is 6.09 Å². The molecule has 0 aromatic heterocycles. The van der Waals surface area contributed by atoms with Gasteiger partial charge in [0.05, 0.1) is 12.2 Å². The summed E-state index contributed by atoms with van der Waals surface area (Å²) in [5, 5.41) is 0. The van der Waals surface area contributed by atoms with E-state index < -0.39 is 0 Å². The quantitative estimate of drug-likeness (QED) is 0.370. The van der Waals surface area contributed by atoms with Gasteiger partial charge in [-0.05, 0) is 62.0 Å². The molecule has 4 rings (SSSR count). The average molecular weight is 493 g/mol. The fourth-order valence-corrected chi connectivity index (χ4v) is 5.76. The van der Waals surface area contributed by atoms with Crippen LogP contribution in [0.4, 0.5) is 4.79 Å². The molecule has 5 nitrogen and oxygen atoms in total. The SMILES string of the molecule is CC(C)CN(C(=O)OCc1ccccc1)C1CCN(CC2CCC(OC(C)c3ccccc3)C2)CC1. The molecule has 36 heavy (non-hydrogen) atoms. The van der Waals surface area contributed by atoms with Crippen LogP contribution in [0.15, 0.2) is 60.7 Å². The summed E-state index contributed by atoms with van der Waals surface area (Å²) in [6, 6.07) is 20.7. The lowest BCUT2D eigenvalue weighted by Crippen LogP contribution is -2.49. The van der Waals surface area contributed by atoms with E-state index in [0.29, 0.717) is 24.5 Å². The second-order valence-corrected chi connectivity index (χ2v) is 11.1. The molecule has 2 aromatic carbocycles. The molecule has 1 saturated heterocycles. The molecule has 5 heteroatoms. The molecule has 1 amide bonds. The molecule has 2 aliphatic rings. The van der Waals surface area contributed by atoms with Crippen LogP contribution >= 0.6 is 0 Å². The zero-order chi connectivity index (χ0) is 25.3. The highest BCUT2D eigenvalue weighted by atomic mass is 16.6. The molecule has 1 heterocycles. The molecule has 3 unspecified atom stereocenters. The first-order chi connectivity index (χ1) is 17.5. The first-order valence-corrected chi connectivity index (χ1v) is 13.9. The number of amides is 1. The van der Waals surface area contributed by atoms with Crippen LogP contribution in [0.3, 0.4) is 0 Å². The first-order valence-electron chi connectivity index (χ1n) is 13.9. The van der Waals surface area contributed by atoms with Gasteiger partial charge in [0.25, 0.3) is 0 Å². The topological polar surface area (TPSA) is 42.0 Å². The van der Waals surface area contributed by atoms with Crippen molar-refractivity contribution < 1.29 is 14.3 Å². The second-order valence-electron chi connectivity index (χ2n) is 11.1. The minimum absolute atomic E-state index is 0.152. The van der Waals surface area contributed by atoms with Gasteiger partial charge in [-0.25, -0.2) is 4.79 Å². The molecule has 1 aliphatic carbocycles. The molecule has 196 valence electrons. The Hall–Kier alpha value is -2.37. The molecule has 2 aromatic rings. The maximum Gasteiger partial charge on any atom is 0.410 e. The van der Waals surface area contributed by atoms with E-state index in [1.165, 1.54) is 12.0 Å². The standard InChI is InChI=1S/C31H44N2O3/c1-24(2)21-33(31(34)35-23-26-10-6-4-7-11-26)29-16-18-32(19-17-29)22-27-14-15-30(20-27)36-25(3)28-12-8-5-9-13-28/h4-13,24-25,27,29-30H,14-23H2,1-3H3. The number of ether oxygens (including phenoxy) is 2. The number of hydrogen-bond donors (Lipinski definition) is 0. The Bertz CT molecular complexity index is 912. The largest absolute Gasteiger partial charge is 0.445 e. The lowest BCUT2D eigenvalue weighted by atomic mass is 10.00. The summed E-state index contributed by atoms with van der Waals surface area (Å²) in [6.45, 7) is 10.8. The highest BCUT2D eigenvalue weighted by molar-refractivity contribution is 5.68. The van der Waals surface area contributed by atoms with Crippen molar-refractivity contribution in [2.24, 2.45) is 11.8 Å². The van der Waals surface area contributed by atoms with Gasteiger partial charge in [0.2, 0.25) is 0 Å². The van der Waals surface area contributed by atoms with Crippen LogP contribution in [0.1, 0.15) is 70.1 Å². The number of carbonyl (C=O) groups is 1. The van der Waals surface area contributed by atoms with Crippen molar-refractivity contribution in [2.45, 2.75) is 77.7 Å². The third-order valence-electron chi connectivity index (χ3n) is 7.67. The van der Waals surface area contributed by atoms with Crippen molar-refractivity contribution in [2.75, 3.05) is 26.2 Å². The summed E-state index contributed by atoms with van der Waals surface area (Å²) in [5.74, 6) is 1.12. The molecule has 0 radical (unpaired) electrons. The molecule has 1 aliphatic heterocycles. The molecular formula is C31H44N2O3. The van der Waals surface area contributed by atoms with Gasteiger partial charge in [-0.15, -0.1) is 0 Å². The lowest BCUT2D eigenvalue weighted by molar-refractivity contribution is -0.00249. The molecule has 0 N–H and O–H groups in total. The third-order valence-corrected chi connectivity index (χ3v) is 7.67. The van der Waals surface area contributed by atoms with E-state index >= 15 is 0 Å². The second kappa shape index (κ2) is 13.3. The van der Waals surface area contributed by atoms with E-state index in [0.717, 1.165) is 57.4 Å². The van der Waals surface area contributed by atoms with E-state index in [1.54, 1.807) is 0 Å². The van der Waals surface area contributed by atoms with Crippen LogP contribution in [0.25, 0.3) is 0 Å². The molecule has 2 fully saturated rings. The predicted molar refractivity (Wildman–Crippen MR) is 145 cm³/mol. The van der Waals surface area contributed by atoms with Crippen LogP contribution in [0.5, 0.6) is 0 Å². The third kappa shape index (κ3) is 7.81. The van der Waals surface area contributed by atoms with E-state index in [9.17, 15) is 4.79 Å². The van der Waals surface area contributed by atoms with Crippen molar-refractivity contribution in [3.05, 3.63) is 71.8 Å². The van der Waals surface area contributed by atoms with Crippen LogP contribution in [-0.2, 0) is 16.1 Å². The predicted octanol–water partition coefficient (Wildman–Crippen LogP) is 6.69. The highest BCUT2D eigenvalue weighted by Crippen LogP contribution is 2.33. The van der Waals surface area contributed by atoms with Crippen LogP contribution in [-0.4, -0.2) is 54.2 Å². The van der Waals surface area contributed by atoms with Crippen molar-refractivity contribution in [1.82, 2.24) is 9.80 Å². The Balaban J connectivity index is 1.21. The summed E-state index contributed by atoms with van der Waals surface area (Å²) in [4.78, 5) is 17.6. The van der Waals surface area contributed by atoms with Gasteiger partial charge in [-0.2, -0.15) is 0 Å². The van der Waals surface area contributed by atoms with Gasteiger partial charge in [0, 0.05) is 32.2 Å². The zero-order valence-corrected chi connectivity index (χ0v) is 22.4. The fourth-order valence-electron chi connectivity index (χ4n) is 5.76. The van der Waals surface area contributed by atoms with Gasteiger partial charge in [0.1, 0.15) is 6.61 Å². The van der Waals surface area contributed by atoms with Crippen molar-refractivity contribution in [3.8, 4) is 0 Å².